The van der Waals surface area contributed by atoms with Crippen LogP contribution in [0.2, 0.25) is 0 Å². The van der Waals surface area contributed by atoms with Gasteiger partial charge in [-0.3, -0.25) is 0 Å². The van der Waals surface area contributed by atoms with Gasteiger partial charge in [-0.05, 0) is 42.5 Å². The molecule has 1 heterocycles. The van der Waals surface area contributed by atoms with Gasteiger partial charge in [0.2, 0.25) is 0 Å². The van der Waals surface area contributed by atoms with Crippen LogP contribution in [0.3, 0.4) is 0 Å². The van der Waals surface area contributed by atoms with Gasteiger partial charge in [-0.1, -0.05) is 25.1 Å². The molecule has 102 valence electrons. The molecule has 1 atom stereocenters. The van der Waals surface area contributed by atoms with Crippen LogP contribution in [0.4, 0.5) is 0 Å². The molecule has 2 rings (SSSR count). The third kappa shape index (κ3) is 4.37. The van der Waals surface area contributed by atoms with Crippen molar-refractivity contribution in [3.05, 3.63) is 52.2 Å². The van der Waals surface area contributed by atoms with Gasteiger partial charge in [0.1, 0.15) is 12.4 Å². The number of hydrogen-bond acceptors (Lipinski definition) is 3. The van der Waals surface area contributed by atoms with E-state index in [1.807, 2.05) is 6.07 Å². The highest BCUT2D eigenvalue weighted by Gasteiger charge is 2.04. The fourth-order valence-electron chi connectivity index (χ4n) is 1.94. The topological polar surface area (TPSA) is 21.3 Å². The van der Waals surface area contributed by atoms with Crippen molar-refractivity contribution in [1.82, 2.24) is 5.32 Å². The Balaban J connectivity index is 1.71. The predicted molar refractivity (Wildman–Crippen MR) is 82.1 cm³/mol. The van der Waals surface area contributed by atoms with Crippen LogP contribution in [-0.2, 0) is 6.42 Å². The highest BCUT2D eigenvalue weighted by Crippen LogP contribution is 2.18. The average Bonchev–Trinajstić information content (AvgIpc) is 2.98. The molecule has 2 aromatic rings. The van der Waals surface area contributed by atoms with Gasteiger partial charge < -0.3 is 10.1 Å². The number of hydrogen-bond donors (Lipinski definition) is 1. The molecule has 0 bridgehead atoms. The van der Waals surface area contributed by atoms with Gasteiger partial charge in [0.05, 0.1) is 0 Å². The summed E-state index contributed by atoms with van der Waals surface area (Å²) in [4.78, 5) is 1.37. The first-order chi connectivity index (χ1) is 9.29. The first-order valence-corrected chi connectivity index (χ1v) is 7.66. The predicted octanol–water partition coefficient (Wildman–Crippen LogP) is 4.04. The molecule has 19 heavy (non-hydrogen) atoms. The van der Waals surface area contributed by atoms with Crippen LogP contribution in [0.1, 0.15) is 30.3 Å². The molecule has 0 saturated heterocycles. The second-order valence-electron chi connectivity index (χ2n) is 4.54. The van der Waals surface area contributed by atoms with E-state index in [0.717, 1.165) is 18.7 Å². The number of thiophene rings is 1. The summed E-state index contributed by atoms with van der Waals surface area (Å²) in [6.07, 6.45) is 1.05. The maximum atomic E-state index is 5.76. The standard InChI is InChI=1S/C16H21NOS/c1-3-14-6-4-7-15(12-14)18-10-9-17-13(2)16-8-5-11-19-16/h4-8,11-13,17H,3,9-10H2,1-2H3. The zero-order chi connectivity index (χ0) is 13.5. The van der Waals surface area contributed by atoms with Crippen molar-refractivity contribution in [3.8, 4) is 5.75 Å². The highest BCUT2D eigenvalue weighted by molar-refractivity contribution is 7.10. The summed E-state index contributed by atoms with van der Waals surface area (Å²) in [5, 5.41) is 5.58. The van der Waals surface area contributed by atoms with E-state index in [1.54, 1.807) is 11.3 Å². The maximum Gasteiger partial charge on any atom is 0.119 e. The Bertz CT molecular complexity index is 481. The molecule has 0 saturated carbocycles. The van der Waals surface area contributed by atoms with Gasteiger partial charge in [0.15, 0.2) is 0 Å². The Morgan fingerprint density at radius 3 is 2.89 bits per heavy atom. The maximum absolute atomic E-state index is 5.76. The van der Waals surface area contributed by atoms with Crippen LogP contribution >= 0.6 is 11.3 Å². The average molecular weight is 275 g/mol. The molecule has 1 aromatic carbocycles. The van der Waals surface area contributed by atoms with E-state index in [9.17, 15) is 0 Å². The van der Waals surface area contributed by atoms with Crippen molar-refractivity contribution in [2.45, 2.75) is 26.3 Å². The molecule has 0 fully saturated rings. The Morgan fingerprint density at radius 1 is 1.26 bits per heavy atom. The van der Waals surface area contributed by atoms with E-state index in [2.05, 4.69) is 54.9 Å². The minimum absolute atomic E-state index is 0.394. The van der Waals surface area contributed by atoms with E-state index in [1.165, 1.54) is 10.4 Å². The van der Waals surface area contributed by atoms with Gasteiger partial charge in [-0.15, -0.1) is 11.3 Å². The van der Waals surface area contributed by atoms with E-state index in [-0.39, 0.29) is 0 Å². The largest absolute Gasteiger partial charge is 0.492 e. The molecule has 1 N–H and O–H groups in total. The number of benzene rings is 1. The van der Waals surface area contributed by atoms with Crippen LogP contribution in [-0.4, -0.2) is 13.2 Å². The van der Waals surface area contributed by atoms with Crippen LogP contribution in [0.5, 0.6) is 5.75 Å². The molecular formula is C16H21NOS. The number of rotatable bonds is 7. The lowest BCUT2D eigenvalue weighted by molar-refractivity contribution is 0.308. The van der Waals surface area contributed by atoms with Gasteiger partial charge >= 0.3 is 0 Å². The van der Waals surface area contributed by atoms with Crippen LogP contribution in [0.25, 0.3) is 0 Å². The van der Waals surface area contributed by atoms with Crippen LogP contribution in [0.15, 0.2) is 41.8 Å². The zero-order valence-electron chi connectivity index (χ0n) is 11.6. The smallest absolute Gasteiger partial charge is 0.119 e. The zero-order valence-corrected chi connectivity index (χ0v) is 12.4. The fraction of sp³-hybridized carbons (Fsp3) is 0.375. The Kier molecular flexibility index (Phi) is 5.43. The third-order valence-electron chi connectivity index (χ3n) is 3.10. The van der Waals surface area contributed by atoms with Crippen molar-refractivity contribution in [2.75, 3.05) is 13.2 Å². The molecule has 0 aliphatic heterocycles. The monoisotopic (exact) mass is 275 g/mol. The lowest BCUT2D eigenvalue weighted by Gasteiger charge is -2.13. The highest BCUT2D eigenvalue weighted by atomic mass is 32.1. The van der Waals surface area contributed by atoms with Crippen molar-refractivity contribution < 1.29 is 4.74 Å². The summed E-state index contributed by atoms with van der Waals surface area (Å²) in [5.41, 5.74) is 1.32. The van der Waals surface area contributed by atoms with E-state index < -0.39 is 0 Å². The molecular weight excluding hydrogens is 254 g/mol. The third-order valence-corrected chi connectivity index (χ3v) is 4.15. The molecule has 0 spiro atoms. The molecule has 0 radical (unpaired) electrons. The van der Waals surface area contributed by atoms with Crippen LogP contribution in [0, 0.1) is 0 Å². The summed E-state index contributed by atoms with van der Waals surface area (Å²) in [6, 6.07) is 13.0. The van der Waals surface area contributed by atoms with Crippen molar-refractivity contribution in [3.63, 3.8) is 0 Å². The van der Waals surface area contributed by atoms with Gasteiger partial charge in [-0.25, -0.2) is 0 Å². The van der Waals surface area contributed by atoms with Crippen LogP contribution < -0.4 is 10.1 Å². The summed E-state index contributed by atoms with van der Waals surface area (Å²) in [7, 11) is 0. The van der Waals surface area contributed by atoms with Crippen molar-refractivity contribution >= 4 is 11.3 Å². The second kappa shape index (κ2) is 7.31. The summed E-state index contributed by atoms with van der Waals surface area (Å²) >= 11 is 1.79. The lowest BCUT2D eigenvalue weighted by atomic mass is 10.2. The SMILES string of the molecule is CCc1cccc(OCCNC(C)c2cccs2)c1. The Hall–Kier alpha value is -1.32. The minimum Gasteiger partial charge on any atom is -0.492 e. The number of nitrogens with one attached hydrogen (secondary N) is 1. The first kappa shape index (κ1) is 14.1. The number of aryl methyl sites for hydroxylation is 1. The summed E-state index contributed by atoms with van der Waals surface area (Å²) in [5.74, 6) is 0.963. The van der Waals surface area contributed by atoms with E-state index >= 15 is 0 Å². The molecule has 2 nitrogen and oxygen atoms in total. The molecule has 0 aliphatic carbocycles. The van der Waals surface area contributed by atoms with E-state index in [4.69, 9.17) is 4.74 Å². The molecule has 1 aromatic heterocycles. The first-order valence-electron chi connectivity index (χ1n) is 6.78. The van der Waals surface area contributed by atoms with Gasteiger partial charge in [-0.2, -0.15) is 0 Å². The van der Waals surface area contributed by atoms with Gasteiger partial charge in [0, 0.05) is 17.5 Å². The molecule has 1 unspecified atom stereocenters. The summed E-state index contributed by atoms with van der Waals surface area (Å²) in [6.45, 7) is 5.89. The molecule has 3 heteroatoms. The molecule has 0 amide bonds. The Morgan fingerprint density at radius 2 is 2.16 bits per heavy atom. The number of ether oxygens (including phenoxy) is 1. The normalized spacial score (nSPS) is 12.3. The second-order valence-corrected chi connectivity index (χ2v) is 5.52. The van der Waals surface area contributed by atoms with Crippen molar-refractivity contribution in [2.24, 2.45) is 0 Å². The van der Waals surface area contributed by atoms with Crippen molar-refractivity contribution in [1.29, 1.82) is 0 Å². The lowest BCUT2D eigenvalue weighted by Crippen LogP contribution is -2.23. The quantitative estimate of drug-likeness (QED) is 0.770. The van der Waals surface area contributed by atoms with Gasteiger partial charge in [0.25, 0.3) is 0 Å². The summed E-state index contributed by atoms with van der Waals surface area (Å²) < 4.78 is 5.76. The minimum atomic E-state index is 0.394. The Labute approximate surface area is 119 Å². The van der Waals surface area contributed by atoms with E-state index in [0.29, 0.717) is 12.6 Å². The molecule has 0 aliphatic rings. The fourth-order valence-corrected chi connectivity index (χ4v) is 2.70.